The minimum atomic E-state index is -6.00. The van der Waals surface area contributed by atoms with E-state index in [9.17, 15) is 17.3 Å². The van der Waals surface area contributed by atoms with Gasteiger partial charge in [0.05, 0.1) is 6.67 Å². The number of hydrogen-bond donors (Lipinski definition) is 1. The van der Waals surface area contributed by atoms with E-state index in [1.54, 1.807) is 13.1 Å². The third kappa shape index (κ3) is 7.86. The first-order valence-corrected chi connectivity index (χ1v) is 4.12. The molecule has 0 saturated heterocycles. The smallest absolute Gasteiger partial charge is 0.418 e. The zero-order valence-electron chi connectivity index (χ0n) is 8.15. The SMILES string of the molecule is C=CN1C=CN(C(C)O)C1.F[B-](F)(F)F. The van der Waals surface area contributed by atoms with Crippen LogP contribution in [0.5, 0.6) is 0 Å². The lowest BCUT2D eigenvalue weighted by molar-refractivity contribution is 0.0469. The molecule has 15 heavy (non-hydrogen) atoms. The highest BCUT2D eigenvalue weighted by molar-refractivity contribution is 6.50. The van der Waals surface area contributed by atoms with Crippen LogP contribution in [-0.4, -0.2) is 35.1 Å². The molecule has 88 valence electrons. The van der Waals surface area contributed by atoms with Gasteiger partial charge < -0.3 is 32.2 Å². The summed E-state index contributed by atoms with van der Waals surface area (Å²) in [6, 6.07) is 0. The second-order valence-corrected chi connectivity index (χ2v) is 2.78. The monoisotopic (exact) mass is 227 g/mol. The van der Waals surface area contributed by atoms with Crippen LogP contribution in [0.4, 0.5) is 17.3 Å². The van der Waals surface area contributed by atoms with E-state index in [-0.39, 0.29) is 0 Å². The number of nitrogens with zero attached hydrogens (tertiary/aromatic N) is 2. The summed E-state index contributed by atoms with van der Waals surface area (Å²) in [6.07, 6.45) is 5.02. The van der Waals surface area contributed by atoms with E-state index in [0.717, 1.165) is 0 Å². The maximum Gasteiger partial charge on any atom is 0.673 e. The van der Waals surface area contributed by atoms with Crippen molar-refractivity contribution < 1.29 is 22.4 Å². The zero-order valence-corrected chi connectivity index (χ0v) is 8.15. The fraction of sp³-hybridized carbons (Fsp3) is 0.429. The van der Waals surface area contributed by atoms with Crippen molar-refractivity contribution in [2.45, 2.75) is 13.2 Å². The molecule has 1 heterocycles. The van der Waals surface area contributed by atoms with E-state index in [0.29, 0.717) is 6.67 Å². The lowest BCUT2D eigenvalue weighted by Crippen LogP contribution is -2.29. The lowest BCUT2D eigenvalue weighted by atomic mass is 10.3. The first kappa shape index (κ1) is 13.8. The molecule has 0 aliphatic carbocycles. The highest BCUT2D eigenvalue weighted by atomic mass is 19.5. The molecule has 1 unspecified atom stereocenters. The molecule has 8 heteroatoms. The van der Waals surface area contributed by atoms with Gasteiger partial charge in [-0.2, -0.15) is 0 Å². The van der Waals surface area contributed by atoms with Crippen molar-refractivity contribution in [1.82, 2.24) is 9.80 Å². The van der Waals surface area contributed by atoms with E-state index >= 15 is 0 Å². The Hall–Kier alpha value is -1.18. The second kappa shape index (κ2) is 5.64. The summed E-state index contributed by atoms with van der Waals surface area (Å²) in [5, 5.41) is 9.08. The fourth-order valence-electron chi connectivity index (χ4n) is 0.815. The first-order valence-electron chi connectivity index (χ1n) is 4.12. The molecule has 1 aliphatic rings. The molecule has 1 atom stereocenters. The van der Waals surface area contributed by atoms with Crippen molar-refractivity contribution in [3.63, 3.8) is 0 Å². The van der Waals surface area contributed by atoms with E-state index in [2.05, 4.69) is 6.58 Å². The second-order valence-electron chi connectivity index (χ2n) is 2.78. The minimum Gasteiger partial charge on any atom is -0.418 e. The van der Waals surface area contributed by atoms with Gasteiger partial charge in [-0.1, -0.05) is 6.58 Å². The van der Waals surface area contributed by atoms with Crippen molar-refractivity contribution in [2.24, 2.45) is 0 Å². The van der Waals surface area contributed by atoms with Crippen LogP contribution in [0.1, 0.15) is 6.92 Å². The number of rotatable bonds is 2. The quantitative estimate of drug-likeness (QED) is 0.575. The molecule has 0 saturated carbocycles. The van der Waals surface area contributed by atoms with Gasteiger partial charge in [0.25, 0.3) is 0 Å². The van der Waals surface area contributed by atoms with Crippen LogP contribution in [0.25, 0.3) is 0 Å². The molecule has 0 amide bonds. The molecule has 0 bridgehead atoms. The van der Waals surface area contributed by atoms with Crippen LogP contribution in [0, 0.1) is 0 Å². The maximum absolute atomic E-state index is 9.75. The first-order chi connectivity index (χ1) is 6.74. The Morgan fingerprint density at radius 1 is 1.40 bits per heavy atom. The molecule has 1 aliphatic heterocycles. The van der Waals surface area contributed by atoms with Crippen LogP contribution >= 0.6 is 0 Å². The number of halogens is 4. The van der Waals surface area contributed by atoms with Gasteiger partial charge in [0.1, 0.15) is 6.23 Å². The van der Waals surface area contributed by atoms with E-state index in [1.807, 2.05) is 22.2 Å². The van der Waals surface area contributed by atoms with Crippen molar-refractivity contribution in [3.8, 4) is 0 Å². The van der Waals surface area contributed by atoms with Gasteiger partial charge in [-0.15, -0.1) is 0 Å². The van der Waals surface area contributed by atoms with Gasteiger partial charge in [0.2, 0.25) is 0 Å². The Balaban J connectivity index is 0.000000336. The van der Waals surface area contributed by atoms with Crippen molar-refractivity contribution in [2.75, 3.05) is 6.67 Å². The molecule has 1 N–H and O–H groups in total. The fourth-order valence-corrected chi connectivity index (χ4v) is 0.815. The van der Waals surface area contributed by atoms with Gasteiger partial charge in [-0.05, 0) is 13.1 Å². The predicted molar refractivity (Wildman–Crippen MR) is 49.7 cm³/mol. The third-order valence-corrected chi connectivity index (χ3v) is 1.49. The highest BCUT2D eigenvalue weighted by Crippen LogP contribution is 2.08. The summed E-state index contributed by atoms with van der Waals surface area (Å²) in [7, 11) is -6.00. The van der Waals surface area contributed by atoms with Crippen molar-refractivity contribution in [1.29, 1.82) is 0 Å². The van der Waals surface area contributed by atoms with Crippen molar-refractivity contribution >= 4 is 7.25 Å². The summed E-state index contributed by atoms with van der Waals surface area (Å²) in [5.41, 5.74) is 0. The summed E-state index contributed by atoms with van der Waals surface area (Å²) in [6.45, 7) is 6.03. The average Bonchev–Trinajstić information content (AvgIpc) is 2.48. The Morgan fingerprint density at radius 2 is 1.87 bits per heavy atom. The minimum absolute atomic E-state index is 0.416. The molecule has 0 radical (unpaired) electrons. The largest absolute Gasteiger partial charge is 0.673 e. The average molecular weight is 227 g/mol. The van der Waals surface area contributed by atoms with Crippen LogP contribution in [0.15, 0.2) is 25.2 Å². The molecule has 0 aromatic heterocycles. The van der Waals surface area contributed by atoms with Crippen LogP contribution in [0.3, 0.4) is 0 Å². The molecule has 1 rings (SSSR count). The van der Waals surface area contributed by atoms with E-state index in [1.165, 1.54) is 0 Å². The standard InChI is InChI=1S/C7H12N2O.BF4/c1-3-8-4-5-9(6-8)7(2)10;2-1(3,4)5/h3-5,7,10H,1,6H2,2H3;/q;-1. The van der Waals surface area contributed by atoms with Crippen LogP contribution in [0.2, 0.25) is 0 Å². The topological polar surface area (TPSA) is 26.7 Å². The third-order valence-electron chi connectivity index (χ3n) is 1.49. The maximum atomic E-state index is 9.75. The van der Waals surface area contributed by atoms with Crippen molar-refractivity contribution in [3.05, 3.63) is 25.2 Å². The molecule has 0 aromatic rings. The Labute approximate surface area is 85.4 Å². The number of aliphatic hydroxyl groups excluding tert-OH is 1. The van der Waals surface area contributed by atoms with Gasteiger partial charge >= 0.3 is 7.25 Å². The zero-order chi connectivity index (χ0) is 12.1. The van der Waals surface area contributed by atoms with Gasteiger partial charge in [0.15, 0.2) is 0 Å². The molecule has 0 spiro atoms. The van der Waals surface area contributed by atoms with Gasteiger partial charge in [-0.25, -0.2) is 0 Å². The van der Waals surface area contributed by atoms with Crippen LogP contribution < -0.4 is 0 Å². The predicted octanol–water partition coefficient (Wildman–Crippen LogP) is 1.81. The molecular weight excluding hydrogens is 215 g/mol. The Morgan fingerprint density at radius 3 is 2.07 bits per heavy atom. The Kier molecular flexibility index (Phi) is 5.20. The van der Waals surface area contributed by atoms with Crippen LogP contribution in [-0.2, 0) is 0 Å². The summed E-state index contributed by atoms with van der Waals surface area (Å²) in [5.74, 6) is 0. The Bertz CT molecular complexity index is 226. The normalized spacial score (nSPS) is 17.2. The molecular formula is C7H12BF4N2O-. The number of aliphatic hydroxyl groups is 1. The summed E-state index contributed by atoms with van der Waals surface area (Å²) < 4.78 is 39.0. The van der Waals surface area contributed by atoms with Gasteiger partial charge in [-0.3, -0.25) is 0 Å². The van der Waals surface area contributed by atoms with E-state index in [4.69, 9.17) is 5.11 Å². The summed E-state index contributed by atoms with van der Waals surface area (Å²) >= 11 is 0. The highest BCUT2D eigenvalue weighted by Gasteiger charge is 2.20. The molecule has 0 aromatic carbocycles. The van der Waals surface area contributed by atoms with Gasteiger partial charge in [0, 0.05) is 12.4 Å². The lowest BCUT2D eigenvalue weighted by Gasteiger charge is -2.20. The summed E-state index contributed by atoms with van der Waals surface area (Å²) in [4.78, 5) is 3.70. The molecule has 3 nitrogen and oxygen atoms in total. The van der Waals surface area contributed by atoms with E-state index < -0.39 is 13.5 Å². The molecule has 0 fully saturated rings. The number of hydrogen-bond acceptors (Lipinski definition) is 3.